The van der Waals surface area contributed by atoms with Gasteiger partial charge in [0.15, 0.2) is 17.3 Å². The molecule has 0 spiro atoms. The first-order valence-electron chi connectivity index (χ1n) is 13.0. The number of aliphatic hydroxyl groups is 1. The topological polar surface area (TPSA) is 106 Å². The van der Waals surface area contributed by atoms with E-state index in [-0.39, 0.29) is 23.9 Å². The number of amides is 1. The number of rotatable bonds is 6. The minimum absolute atomic E-state index is 0.0364. The van der Waals surface area contributed by atoms with Gasteiger partial charge in [0.25, 0.3) is 5.91 Å². The van der Waals surface area contributed by atoms with E-state index < -0.39 is 35.1 Å². The van der Waals surface area contributed by atoms with Gasteiger partial charge in [0.2, 0.25) is 6.10 Å². The number of nitrogens with one attached hydrogen (secondary N) is 1. The van der Waals surface area contributed by atoms with Gasteiger partial charge in [-0.2, -0.15) is 13.9 Å². The third-order valence-electron chi connectivity index (χ3n) is 7.24. The summed E-state index contributed by atoms with van der Waals surface area (Å²) in [5, 5.41) is 22.7. The van der Waals surface area contributed by atoms with Crippen LogP contribution < -0.4 is 14.8 Å². The molecule has 214 valence electrons. The van der Waals surface area contributed by atoms with Crippen molar-refractivity contribution in [3.8, 4) is 11.5 Å². The van der Waals surface area contributed by atoms with Gasteiger partial charge in [-0.3, -0.25) is 4.79 Å². The molecule has 1 saturated heterocycles. The van der Waals surface area contributed by atoms with Crippen molar-refractivity contribution in [2.45, 2.75) is 51.4 Å². The zero-order valence-electron chi connectivity index (χ0n) is 22.6. The summed E-state index contributed by atoms with van der Waals surface area (Å²) in [6.45, 7) is 7.17. The molecule has 2 N–H and O–H groups in total. The van der Waals surface area contributed by atoms with E-state index >= 15 is 4.39 Å². The van der Waals surface area contributed by atoms with E-state index in [9.17, 15) is 18.7 Å². The van der Waals surface area contributed by atoms with E-state index in [0.29, 0.717) is 54.3 Å². The first kappa shape index (κ1) is 27.9. The number of hydrogen-bond donors (Lipinski definition) is 2. The van der Waals surface area contributed by atoms with E-state index in [1.54, 1.807) is 30.9 Å². The molecule has 0 aliphatic carbocycles. The standard InChI is InChI=1S/C28H31F3N4O5/c1-15(17-6-5-7-20(24(17)29)28(30,31)27(3,4)37)32-25-19-13-22-21(12-18(19)16(2)33-34-25)39-14-23(40-22)26(36)35-8-10-38-11-9-35/h5-7,12-13,15,23,37H,8-11,14H2,1-4H3,(H,32,34). The number of aryl methyl sites for hydroxylation is 1. The average Bonchev–Trinajstić information content (AvgIpc) is 2.93. The molecule has 1 fully saturated rings. The molecule has 1 amide bonds. The van der Waals surface area contributed by atoms with Crippen LogP contribution in [0.4, 0.5) is 19.0 Å². The lowest BCUT2D eigenvalue weighted by Gasteiger charge is -2.33. The Bertz CT molecular complexity index is 1440. The van der Waals surface area contributed by atoms with Crippen LogP contribution in [0.2, 0.25) is 0 Å². The summed E-state index contributed by atoms with van der Waals surface area (Å²) in [6, 6.07) is 6.28. The number of carbonyl (C=O) groups is 1. The predicted molar refractivity (Wildman–Crippen MR) is 140 cm³/mol. The van der Waals surface area contributed by atoms with Crippen LogP contribution in [0.1, 0.15) is 43.6 Å². The Balaban J connectivity index is 1.45. The molecule has 2 atom stereocenters. The van der Waals surface area contributed by atoms with Crippen LogP contribution in [0.3, 0.4) is 0 Å². The summed E-state index contributed by atoms with van der Waals surface area (Å²) in [4.78, 5) is 14.6. The van der Waals surface area contributed by atoms with Gasteiger partial charge in [-0.05, 0) is 45.9 Å². The molecule has 2 aromatic carbocycles. The molecule has 3 heterocycles. The van der Waals surface area contributed by atoms with Gasteiger partial charge in [0, 0.05) is 29.4 Å². The van der Waals surface area contributed by atoms with E-state index in [2.05, 4.69) is 15.5 Å². The number of aromatic nitrogens is 2. The first-order valence-corrected chi connectivity index (χ1v) is 13.0. The van der Waals surface area contributed by atoms with Crippen molar-refractivity contribution in [2.24, 2.45) is 0 Å². The molecule has 0 radical (unpaired) electrons. The second kappa shape index (κ2) is 10.4. The Morgan fingerprint density at radius 2 is 1.85 bits per heavy atom. The number of ether oxygens (including phenoxy) is 3. The van der Waals surface area contributed by atoms with Crippen molar-refractivity contribution in [1.29, 1.82) is 0 Å². The molecule has 9 nitrogen and oxygen atoms in total. The molecule has 2 aliphatic rings. The smallest absolute Gasteiger partial charge is 0.303 e. The van der Waals surface area contributed by atoms with E-state index in [4.69, 9.17) is 14.2 Å². The highest BCUT2D eigenvalue weighted by molar-refractivity contribution is 5.96. The predicted octanol–water partition coefficient (Wildman–Crippen LogP) is 4.11. The molecule has 2 aliphatic heterocycles. The highest BCUT2D eigenvalue weighted by atomic mass is 19.3. The van der Waals surface area contributed by atoms with Crippen molar-refractivity contribution in [3.05, 3.63) is 53.0 Å². The van der Waals surface area contributed by atoms with E-state index in [0.717, 1.165) is 19.9 Å². The van der Waals surface area contributed by atoms with Crippen LogP contribution in [0.5, 0.6) is 11.5 Å². The van der Waals surface area contributed by atoms with Crippen LogP contribution in [-0.4, -0.2) is 70.7 Å². The summed E-state index contributed by atoms with van der Waals surface area (Å²) in [7, 11) is 0. The van der Waals surface area contributed by atoms with Crippen LogP contribution in [-0.2, 0) is 15.5 Å². The van der Waals surface area contributed by atoms with Crippen LogP contribution in [0, 0.1) is 12.7 Å². The Morgan fingerprint density at radius 1 is 1.15 bits per heavy atom. The highest BCUT2D eigenvalue weighted by Crippen LogP contribution is 2.42. The SMILES string of the molecule is Cc1nnc(NC(C)c2cccc(C(F)(F)C(C)(C)O)c2F)c2cc3c(cc12)OCC(C(=O)N1CCOCC1)O3. The molecule has 2 unspecified atom stereocenters. The van der Waals surface area contributed by atoms with Crippen LogP contribution in [0.25, 0.3) is 10.8 Å². The third-order valence-corrected chi connectivity index (χ3v) is 7.24. The summed E-state index contributed by atoms with van der Waals surface area (Å²) in [5.74, 6) is -4.09. The van der Waals surface area contributed by atoms with Gasteiger partial charge in [-0.25, -0.2) is 4.39 Å². The maximum absolute atomic E-state index is 15.4. The second-order valence-electron chi connectivity index (χ2n) is 10.5. The maximum atomic E-state index is 15.4. The Morgan fingerprint density at radius 3 is 2.55 bits per heavy atom. The monoisotopic (exact) mass is 560 g/mol. The molecular formula is C28H31F3N4O5. The minimum atomic E-state index is -3.82. The van der Waals surface area contributed by atoms with E-state index in [1.165, 1.54) is 12.1 Å². The number of morpholine rings is 1. The number of benzene rings is 2. The number of alkyl halides is 2. The fourth-order valence-corrected chi connectivity index (χ4v) is 4.80. The second-order valence-corrected chi connectivity index (χ2v) is 10.5. The zero-order chi connectivity index (χ0) is 28.8. The van der Waals surface area contributed by atoms with Crippen molar-refractivity contribution in [3.63, 3.8) is 0 Å². The fraction of sp³-hybridized carbons (Fsp3) is 0.464. The van der Waals surface area contributed by atoms with Crippen LogP contribution >= 0.6 is 0 Å². The number of anilines is 1. The zero-order valence-corrected chi connectivity index (χ0v) is 22.6. The molecular weight excluding hydrogens is 529 g/mol. The number of halogens is 3. The van der Waals surface area contributed by atoms with Crippen molar-refractivity contribution < 1.29 is 37.3 Å². The summed E-state index contributed by atoms with van der Waals surface area (Å²) in [6.07, 6.45) is -0.830. The average molecular weight is 561 g/mol. The lowest BCUT2D eigenvalue weighted by Crippen LogP contribution is -2.50. The largest absolute Gasteiger partial charge is 0.485 e. The van der Waals surface area contributed by atoms with E-state index in [1.807, 2.05) is 0 Å². The quantitative estimate of drug-likeness (QED) is 0.464. The Kier molecular flexibility index (Phi) is 7.26. The fourth-order valence-electron chi connectivity index (χ4n) is 4.80. The van der Waals surface area contributed by atoms with Gasteiger partial charge in [0.05, 0.1) is 30.5 Å². The number of nitrogens with zero attached hydrogens (tertiary/aromatic N) is 3. The van der Waals surface area contributed by atoms with Crippen LogP contribution in [0.15, 0.2) is 30.3 Å². The maximum Gasteiger partial charge on any atom is 0.303 e. The molecule has 5 rings (SSSR count). The molecule has 1 aromatic heterocycles. The third kappa shape index (κ3) is 5.01. The number of carbonyl (C=O) groups excluding carboxylic acids is 1. The van der Waals surface area contributed by atoms with Gasteiger partial charge < -0.3 is 29.5 Å². The molecule has 3 aromatic rings. The Hall–Kier alpha value is -3.64. The first-order chi connectivity index (χ1) is 18.9. The van der Waals surface area contributed by atoms with Crippen molar-refractivity contribution >= 4 is 22.5 Å². The molecule has 40 heavy (non-hydrogen) atoms. The minimum Gasteiger partial charge on any atom is -0.485 e. The molecule has 12 heteroatoms. The number of fused-ring (bicyclic) bond motifs is 2. The summed E-state index contributed by atoms with van der Waals surface area (Å²) >= 11 is 0. The van der Waals surface area contributed by atoms with Gasteiger partial charge >= 0.3 is 5.92 Å². The summed E-state index contributed by atoms with van der Waals surface area (Å²) in [5.41, 5.74) is -2.80. The van der Waals surface area contributed by atoms with Gasteiger partial charge in [0.1, 0.15) is 18.0 Å². The summed E-state index contributed by atoms with van der Waals surface area (Å²) < 4.78 is 62.3. The Labute approximate surface area is 229 Å². The van der Waals surface area contributed by atoms with Crippen molar-refractivity contribution in [1.82, 2.24) is 15.1 Å². The van der Waals surface area contributed by atoms with Gasteiger partial charge in [-0.15, -0.1) is 5.10 Å². The van der Waals surface area contributed by atoms with Crippen molar-refractivity contribution in [2.75, 3.05) is 38.2 Å². The lowest BCUT2D eigenvalue weighted by molar-refractivity contribution is -0.170. The van der Waals surface area contributed by atoms with Gasteiger partial charge in [-0.1, -0.05) is 12.1 Å². The molecule has 0 saturated carbocycles. The lowest BCUT2D eigenvalue weighted by atomic mass is 9.91. The molecule has 0 bridgehead atoms. The normalized spacial score (nSPS) is 18.5. The highest BCUT2D eigenvalue weighted by Gasteiger charge is 2.49. The number of hydrogen-bond acceptors (Lipinski definition) is 8.